The first kappa shape index (κ1) is 21.1. The van der Waals surface area contributed by atoms with Gasteiger partial charge in [-0.2, -0.15) is 10.2 Å². The summed E-state index contributed by atoms with van der Waals surface area (Å²) in [5.74, 6) is -0.310. The average Bonchev–Trinajstić information content (AvgIpc) is 3.19. The molecule has 0 aliphatic rings. The molecule has 1 amide bonds. The van der Waals surface area contributed by atoms with Gasteiger partial charge in [0.1, 0.15) is 23.0 Å². The van der Waals surface area contributed by atoms with Crippen LogP contribution in [-0.4, -0.2) is 30.4 Å². The van der Waals surface area contributed by atoms with Crippen molar-refractivity contribution in [3.05, 3.63) is 67.0 Å². The second-order valence-electron chi connectivity index (χ2n) is 6.24. The molecule has 0 saturated carbocycles. The maximum atomic E-state index is 12.6. The third-order valence-corrected chi connectivity index (χ3v) is 5.13. The lowest BCUT2D eigenvalue weighted by atomic mass is 10.2. The molecule has 29 heavy (non-hydrogen) atoms. The van der Waals surface area contributed by atoms with Crippen LogP contribution in [0.25, 0.3) is 0 Å². The van der Waals surface area contributed by atoms with Gasteiger partial charge in [-0.25, -0.2) is 0 Å². The van der Waals surface area contributed by atoms with Crippen LogP contribution in [0.2, 0.25) is 15.1 Å². The van der Waals surface area contributed by atoms with E-state index in [-0.39, 0.29) is 22.2 Å². The Morgan fingerprint density at radius 1 is 1.31 bits per heavy atom. The van der Waals surface area contributed by atoms with Crippen LogP contribution in [0.15, 0.2) is 30.6 Å². The van der Waals surface area contributed by atoms with E-state index >= 15 is 0 Å². The van der Waals surface area contributed by atoms with Crippen LogP contribution in [0.4, 0.5) is 11.5 Å². The number of nitrogens with one attached hydrogen (secondary N) is 1. The van der Waals surface area contributed by atoms with E-state index < -0.39 is 16.9 Å². The van der Waals surface area contributed by atoms with Gasteiger partial charge in [0.2, 0.25) is 5.91 Å². The zero-order chi connectivity index (χ0) is 21.3. The quantitative estimate of drug-likeness (QED) is 0.433. The van der Waals surface area contributed by atoms with Gasteiger partial charge in [-0.15, -0.1) is 0 Å². The lowest BCUT2D eigenvalue weighted by Crippen LogP contribution is -2.25. The summed E-state index contributed by atoms with van der Waals surface area (Å²) in [7, 11) is 0. The number of halogens is 3. The Hall–Kier alpha value is -2.62. The highest BCUT2D eigenvalue weighted by Crippen LogP contribution is 2.25. The second-order valence-corrected chi connectivity index (χ2v) is 7.49. The predicted octanol–water partition coefficient (Wildman–Crippen LogP) is 4.50. The van der Waals surface area contributed by atoms with Gasteiger partial charge >= 0.3 is 5.69 Å². The first-order valence-electron chi connectivity index (χ1n) is 8.33. The fourth-order valence-electron chi connectivity index (χ4n) is 2.70. The van der Waals surface area contributed by atoms with Crippen LogP contribution in [0, 0.1) is 17.0 Å². The Bertz CT molecular complexity index is 1090. The zero-order valence-electron chi connectivity index (χ0n) is 15.3. The van der Waals surface area contributed by atoms with E-state index in [0.717, 1.165) is 11.8 Å². The fourth-order valence-corrected chi connectivity index (χ4v) is 3.37. The molecular weight excluding hydrogens is 443 g/mol. The molecule has 12 heteroatoms. The maximum absolute atomic E-state index is 12.6. The number of nitro groups is 1. The van der Waals surface area contributed by atoms with Crippen molar-refractivity contribution in [2.45, 2.75) is 26.4 Å². The van der Waals surface area contributed by atoms with Gasteiger partial charge in [-0.05, 0) is 31.5 Å². The summed E-state index contributed by atoms with van der Waals surface area (Å²) < 4.78 is 2.80. The highest BCUT2D eigenvalue weighted by molar-refractivity contribution is 6.35. The SMILES string of the molecule is Cc1c([N+](=O)[O-])cnn1C(C)C(=O)Nc1nn(Cc2ccc(Cl)cc2Cl)cc1Cl. The molecule has 9 nitrogen and oxygen atoms in total. The topological polar surface area (TPSA) is 108 Å². The fraction of sp³-hybridized carbons (Fsp3) is 0.235. The second kappa shape index (κ2) is 8.40. The minimum absolute atomic E-state index is 0.160. The number of hydrogen-bond donors (Lipinski definition) is 1. The maximum Gasteiger partial charge on any atom is 0.309 e. The molecule has 3 rings (SSSR count). The highest BCUT2D eigenvalue weighted by atomic mass is 35.5. The zero-order valence-corrected chi connectivity index (χ0v) is 17.5. The predicted molar refractivity (Wildman–Crippen MR) is 110 cm³/mol. The van der Waals surface area contributed by atoms with Gasteiger partial charge in [-0.3, -0.25) is 24.3 Å². The molecule has 0 spiro atoms. The van der Waals surface area contributed by atoms with Gasteiger partial charge in [0.25, 0.3) is 0 Å². The van der Waals surface area contributed by atoms with Crippen LogP contribution in [0.3, 0.4) is 0 Å². The van der Waals surface area contributed by atoms with Gasteiger partial charge in [0.05, 0.1) is 11.5 Å². The minimum Gasteiger partial charge on any atom is -0.306 e. The minimum atomic E-state index is -0.810. The molecule has 0 fully saturated rings. The molecule has 1 aromatic carbocycles. The van der Waals surface area contributed by atoms with Crippen LogP contribution >= 0.6 is 34.8 Å². The summed E-state index contributed by atoms with van der Waals surface area (Å²) in [6.07, 6.45) is 2.66. The smallest absolute Gasteiger partial charge is 0.306 e. The van der Waals surface area contributed by atoms with Crippen LogP contribution in [-0.2, 0) is 11.3 Å². The number of carbonyl (C=O) groups is 1. The Kier molecular flexibility index (Phi) is 6.11. The molecule has 3 aromatic rings. The van der Waals surface area contributed by atoms with Crippen molar-refractivity contribution in [3.63, 3.8) is 0 Å². The summed E-state index contributed by atoms with van der Waals surface area (Å²) in [5, 5.41) is 23.0. The van der Waals surface area contributed by atoms with E-state index in [1.165, 1.54) is 16.3 Å². The number of amides is 1. The number of rotatable bonds is 6. The third kappa shape index (κ3) is 4.52. The summed E-state index contributed by atoms with van der Waals surface area (Å²) in [4.78, 5) is 23.0. The standard InChI is InChI=1S/C17H15Cl3N6O3/c1-9-15(26(28)29)6-21-25(9)10(2)17(27)22-16-14(20)8-24(23-16)7-11-3-4-12(18)5-13(11)19/h3-6,8,10H,7H2,1-2H3,(H,22,23,27). The molecule has 0 bridgehead atoms. The average molecular weight is 458 g/mol. The van der Waals surface area contributed by atoms with E-state index in [1.807, 2.05) is 0 Å². The molecule has 2 aromatic heterocycles. The molecule has 152 valence electrons. The van der Waals surface area contributed by atoms with E-state index in [9.17, 15) is 14.9 Å². The number of nitrogens with zero attached hydrogens (tertiary/aromatic N) is 5. The molecule has 0 radical (unpaired) electrons. The van der Waals surface area contributed by atoms with Crippen LogP contribution in [0.1, 0.15) is 24.2 Å². The van der Waals surface area contributed by atoms with Crippen molar-refractivity contribution < 1.29 is 9.72 Å². The Morgan fingerprint density at radius 2 is 2.03 bits per heavy atom. The lowest BCUT2D eigenvalue weighted by Gasteiger charge is -2.13. The summed E-state index contributed by atoms with van der Waals surface area (Å²) in [5.41, 5.74) is 0.888. The van der Waals surface area contributed by atoms with Crippen molar-refractivity contribution >= 4 is 52.2 Å². The molecule has 1 atom stereocenters. The van der Waals surface area contributed by atoms with Crippen molar-refractivity contribution in [2.24, 2.45) is 0 Å². The molecule has 1 N–H and O–H groups in total. The van der Waals surface area contributed by atoms with E-state index in [4.69, 9.17) is 34.8 Å². The monoisotopic (exact) mass is 456 g/mol. The molecule has 0 aliphatic heterocycles. The number of carbonyl (C=O) groups excluding carboxylic acids is 1. The van der Waals surface area contributed by atoms with E-state index in [0.29, 0.717) is 16.6 Å². The normalized spacial score (nSPS) is 12.0. The number of aromatic nitrogens is 4. The van der Waals surface area contributed by atoms with E-state index in [1.54, 1.807) is 31.3 Å². The van der Waals surface area contributed by atoms with Gasteiger partial charge in [-0.1, -0.05) is 40.9 Å². The first-order valence-corrected chi connectivity index (χ1v) is 9.47. The molecule has 2 heterocycles. The van der Waals surface area contributed by atoms with Crippen molar-refractivity contribution in [3.8, 4) is 0 Å². The summed E-state index contributed by atoms with van der Waals surface area (Å²) >= 11 is 18.3. The van der Waals surface area contributed by atoms with Gasteiger partial charge in [0.15, 0.2) is 5.82 Å². The Balaban J connectivity index is 1.75. The van der Waals surface area contributed by atoms with Crippen molar-refractivity contribution in [1.29, 1.82) is 0 Å². The van der Waals surface area contributed by atoms with Gasteiger partial charge < -0.3 is 5.32 Å². The number of anilines is 1. The molecule has 1 unspecified atom stereocenters. The van der Waals surface area contributed by atoms with E-state index in [2.05, 4.69) is 15.5 Å². The summed E-state index contributed by atoms with van der Waals surface area (Å²) in [6.45, 7) is 3.41. The van der Waals surface area contributed by atoms with Crippen LogP contribution in [0.5, 0.6) is 0 Å². The van der Waals surface area contributed by atoms with Gasteiger partial charge in [0, 0.05) is 16.2 Å². The van der Waals surface area contributed by atoms with Crippen molar-refractivity contribution in [1.82, 2.24) is 19.6 Å². The largest absolute Gasteiger partial charge is 0.309 e. The Labute approximate surface area is 180 Å². The lowest BCUT2D eigenvalue weighted by molar-refractivity contribution is -0.385. The molecular formula is C17H15Cl3N6O3. The third-order valence-electron chi connectivity index (χ3n) is 4.27. The highest BCUT2D eigenvalue weighted by Gasteiger charge is 2.25. The molecule has 0 saturated heterocycles. The van der Waals surface area contributed by atoms with Crippen molar-refractivity contribution in [2.75, 3.05) is 5.32 Å². The number of benzene rings is 1. The number of hydrogen-bond acceptors (Lipinski definition) is 5. The molecule has 0 aliphatic carbocycles. The first-order chi connectivity index (χ1) is 13.7. The van der Waals surface area contributed by atoms with Crippen LogP contribution < -0.4 is 5.32 Å². The Morgan fingerprint density at radius 3 is 2.66 bits per heavy atom. The summed E-state index contributed by atoms with van der Waals surface area (Å²) in [6, 6.07) is 4.30.